The van der Waals surface area contributed by atoms with E-state index in [2.05, 4.69) is 20.9 Å². The molecule has 0 atom stereocenters. The number of hydrogen-bond donors (Lipinski definition) is 0. The Morgan fingerprint density at radius 1 is 1.25 bits per heavy atom. The number of ether oxygens (including phenoxy) is 1. The number of hydrogen-bond acceptors (Lipinski definition) is 6. The molecule has 3 rings (SSSR count). The zero-order valence-corrected chi connectivity index (χ0v) is 18.9. The van der Waals surface area contributed by atoms with Crippen molar-refractivity contribution in [3.63, 3.8) is 0 Å². The molecule has 28 heavy (non-hydrogen) atoms. The van der Waals surface area contributed by atoms with Crippen LogP contribution in [-0.4, -0.2) is 36.3 Å². The average molecular weight is 487 g/mol. The highest BCUT2D eigenvalue weighted by Gasteiger charge is 2.33. The molecule has 1 fully saturated rings. The molecule has 1 heterocycles. The van der Waals surface area contributed by atoms with Crippen LogP contribution in [0.2, 0.25) is 0 Å². The first-order chi connectivity index (χ1) is 13.4. The van der Waals surface area contributed by atoms with Gasteiger partial charge >= 0.3 is 5.97 Å². The molecule has 0 N–H and O–H groups in total. The van der Waals surface area contributed by atoms with Crippen LogP contribution in [0, 0.1) is 0 Å². The van der Waals surface area contributed by atoms with Crippen LogP contribution < -0.4 is 0 Å². The van der Waals surface area contributed by atoms with Crippen LogP contribution in [0.3, 0.4) is 0 Å². The van der Waals surface area contributed by atoms with Gasteiger partial charge in [0, 0.05) is 15.9 Å². The van der Waals surface area contributed by atoms with Crippen LogP contribution in [0.15, 0.2) is 39.0 Å². The quantitative estimate of drug-likeness (QED) is 0.534. The van der Waals surface area contributed by atoms with Gasteiger partial charge in [-0.25, -0.2) is 18.2 Å². The second-order valence-corrected chi connectivity index (χ2v) is 10.4. The van der Waals surface area contributed by atoms with Crippen LogP contribution in [0.25, 0.3) is 0 Å². The van der Waals surface area contributed by atoms with E-state index in [1.807, 2.05) is 0 Å². The third kappa shape index (κ3) is 5.00. The molecule has 0 radical (unpaired) electrons. The first-order valence-electron chi connectivity index (χ1n) is 9.30. The number of nitrogens with zero attached hydrogens (tertiary/aromatic N) is 2. The molecule has 0 spiro atoms. The molecule has 0 saturated heterocycles. The predicted octanol–water partition coefficient (Wildman–Crippen LogP) is 4.61. The van der Waals surface area contributed by atoms with E-state index in [4.69, 9.17) is 4.74 Å². The zero-order chi connectivity index (χ0) is 20.1. The number of sulfonamides is 1. The van der Waals surface area contributed by atoms with E-state index >= 15 is 0 Å². The van der Waals surface area contributed by atoms with Gasteiger partial charge < -0.3 is 4.74 Å². The summed E-state index contributed by atoms with van der Waals surface area (Å²) in [5.74, 6) is -0.481. The van der Waals surface area contributed by atoms with Gasteiger partial charge in [-0.1, -0.05) is 35.2 Å². The Morgan fingerprint density at radius 3 is 2.57 bits per heavy atom. The minimum absolute atomic E-state index is 0.0580. The zero-order valence-electron chi connectivity index (χ0n) is 15.6. The van der Waals surface area contributed by atoms with Gasteiger partial charge in [0.2, 0.25) is 10.0 Å². The fraction of sp³-hybridized carbons (Fsp3) is 0.474. The molecular weight excluding hydrogens is 464 g/mol. The maximum Gasteiger partial charge on any atom is 0.357 e. The minimum atomic E-state index is -3.67. The van der Waals surface area contributed by atoms with Gasteiger partial charge in [0.25, 0.3) is 0 Å². The number of carbonyl (C=O) groups excluding carboxylic acids is 1. The normalized spacial score (nSPS) is 15.7. The van der Waals surface area contributed by atoms with Crippen LogP contribution >= 0.6 is 27.3 Å². The number of benzene rings is 1. The summed E-state index contributed by atoms with van der Waals surface area (Å²) in [6.45, 7) is 2.17. The molecule has 0 aliphatic heterocycles. The fourth-order valence-corrected chi connectivity index (χ4v) is 6.09. The number of halogens is 1. The summed E-state index contributed by atoms with van der Waals surface area (Å²) in [5.41, 5.74) is 0.228. The summed E-state index contributed by atoms with van der Waals surface area (Å²) < 4.78 is 34.1. The summed E-state index contributed by atoms with van der Waals surface area (Å²) in [6, 6.07) is 6.63. The Labute approximate surface area is 178 Å². The van der Waals surface area contributed by atoms with E-state index in [1.54, 1.807) is 40.9 Å². The third-order valence-corrected chi connectivity index (χ3v) is 8.00. The van der Waals surface area contributed by atoms with Gasteiger partial charge in [-0.05, 0) is 44.0 Å². The highest BCUT2D eigenvalue weighted by Crippen LogP contribution is 2.30. The molecule has 152 valence electrons. The molecule has 2 aromatic rings. The molecule has 0 unspecified atom stereocenters. The average Bonchev–Trinajstić information content (AvgIpc) is 3.16. The van der Waals surface area contributed by atoms with Gasteiger partial charge in [-0.15, -0.1) is 11.3 Å². The van der Waals surface area contributed by atoms with Crippen molar-refractivity contribution in [2.45, 2.75) is 56.5 Å². The molecule has 1 aliphatic rings. The number of aromatic nitrogens is 1. The molecule has 1 aromatic heterocycles. The Hall–Kier alpha value is -1.29. The SMILES string of the molecule is CCOC(=O)c1csc(CN(C2CCCCC2)S(=O)(=O)c2ccc(Br)cc2)n1. The molecular formula is C19H23BrN2O4S2. The van der Waals surface area contributed by atoms with Gasteiger partial charge in [0.15, 0.2) is 5.69 Å². The lowest BCUT2D eigenvalue weighted by Crippen LogP contribution is -2.40. The van der Waals surface area contributed by atoms with Gasteiger partial charge in [-0.2, -0.15) is 4.31 Å². The van der Waals surface area contributed by atoms with E-state index < -0.39 is 16.0 Å². The van der Waals surface area contributed by atoms with Gasteiger partial charge in [0.05, 0.1) is 18.0 Å². The van der Waals surface area contributed by atoms with Crippen molar-refractivity contribution < 1.29 is 17.9 Å². The number of rotatable bonds is 7. The number of carbonyl (C=O) groups is 1. The fourth-order valence-electron chi connectivity index (χ4n) is 3.34. The maximum absolute atomic E-state index is 13.4. The highest BCUT2D eigenvalue weighted by atomic mass is 79.9. The first-order valence-corrected chi connectivity index (χ1v) is 12.4. The topological polar surface area (TPSA) is 76.6 Å². The molecule has 0 bridgehead atoms. The minimum Gasteiger partial charge on any atom is -0.461 e. The smallest absolute Gasteiger partial charge is 0.357 e. The molecule has 1 aliphatic carbocycles. The molecule has 0 amide bonds. The van der Waals surface area contributed by atoms with E-state index in [1.165, 1.54) is 11.3 Å². The predicted molar refractivity (Wildman–Crippen MR) is 112 cm³/mol. The number of esters is 1. The first kappa shape index (κ1) is 21.4. The lowest BCUT2D eigenvalue weighted by molar-refractivity contribution is 0.0520. The number of thiazole rings is 1. The van der Waals surface area contributed by atoms with Crippen molar-refractivity contribution in [3.05, 3.63) is 44.8 Å². The van der Waals surface area contributed by atoms with Crippen molar-refractivity contribution in [3.8, 4) is 0 Å². The molecule has 6 nitrogen and oxygen atoms in total. The van der Waals surface area contributed by atoms with E-state index in [-0.39, 0.29) is 29.8 Å². The van der Waals surface area contributed by atoms with Crippen LogP contribution in [0.4, 0.5) is 0 Å². The van der Waals surface area contributed by atoms with Crippen molar-refractivity contribution >= 4 is 43.3 Å². The summed E-state index contributed by atoms with van der Waals surface area (Å²) >= 11 is 4.63. The second kappa shape index (κ2) is 9.47. The largest absolute Gasteiger partial charge is 0.461 e. The summed E-state index contributed by atoms with van der Waals surface area (Å²) in [5, 5.41) is 2.22. The van der Waals surface area contributed by atoms with Crippen LogP contribution in [-0.2, 0) is 21.3 Å². The summed E-state index contributed by atoms with van der Waals surface area (Å²) in [7, 11) is -3.67. The molecule has 1 aromatic carbocycles. The van der Waals surface area contributed by atoms with Crippen molar-refractivity contribution in [1.82, 2.24) is 9.29 Å². The van der Waals surface area contributed by atoms with Crippen molar-refractivity contribution in [2.24, 2.45) is 0 Å². The molecule has 9 heteroatoms. The van der Waals surface area contributed by atoms with E-state index in [9.17, 15) is 13.2 Å². The monoisotopic (exact) mass is 486 g/mol. The van der Waals surface area contributed by atoms with Crippen LogP contribution in [0.5, 0.6) is 0 Å². The van der Waals surface area contributed by atoms with E-state index in [0.717, 1.165) is 36.6 Å². The van der Waals surface area contributed by atoms with Crippen molar-refractivity contribution in [2.75, 3.05) is 6.61 Å². The van der Waals surface area contributed by atoms with Gasteiger partial charge in [0.1, 0.15) is 5.01 Å². The third-order valence-electron chi connectivity index (χ3n) is 4.73. The lowest BCUT2D eigenvalue weighted by Gasteiger charge is -2.33. The second-order valence-electron chi connectivity index (χ2n) is 6.64. The Kier molecular flexibility index (Phi) is 7.25. The lowest BCUT2D eigenvalue weighted by atomic mass is 9.95. The van der Waals surface area contributed by atoms with Crippen molar-refractivity contribution in [1.29, 1.82) is 0 Å². The Balaban J connectivity index is 1.89. The highest BCUT2D eigenvalue weighted by molar-refractivity contribution is 9.10. The summed E-state index contributed by atoms with van der Waals surface area (Å²) in [6.07, 6.45) is 4.84. The molecule has 1 saturated carbocycles. The van der Waals surface area contributed by atoms with E-state index in [0.29, 0.717) is 5.01 Å². The van der Waals surface area contributed by atoms with Crippen LogP contribution in [0.1, 0.15) is 54.5 Å². The Bertz CT molecular complexity index is 906. The Morgan fingerprint density at radius 2 is 1.93 bits per heavy atom. The van der Waals surface area contributed by atoms with Gasteiger partial charge in [-0.3, -0.25) is 0 Å². The maximum atomic E-state index is 13.4. The standard InChI is InChI=1S/C19H23BrN2O4S2/c1-2-26-19(23)17-13-27-18(21-17)12-22(15-6-4-3-5-7-15)28(24,25)16-10-8-14(20)9-11-16/h8-11,13,15H,2-7,12H2,1H3. The summed E-state index contributed by atoms with van der Waals surface area (Å²) in [4.78, 5) is 16.5.